The monoisotopic (exact) mass is 289 g/mol. The van der Waals surface area contributed by atoms with Gasteiger partial charge in [0, 0.05) is 11.8 Å². The maximum atomic E-state index is 8.97. The summed E-state index contributed by atoms with van der Waals surface area (Å²) in [6.07, 6.45) is 5.55. The lowest BCUT2D eigenvalue weighted by Gasteiger charge is -2.07. The zero-order valence-electron chi connectivity index (χ0n) is 11.5. The summed E-state index contributed by atoms with van der Waals surface area (Å²) in [4.78, 5) is 4.33. The highest BCUT2D eigenvalue weighted by atomic mass is 32.1. The molecule has 20 heavy (non-hydrogen) atoms. The summed E-state index contributed by atoms with van der Waals surface area (Å²) in [5, 5.41) is 12.0. The number of aliphatic hydroxyl groups is 1. The molecule has 3 nitrogen and oxygen atoms in total. The number of hydrogen-bond acceptors (Lipinski definition) is 4. The van der Waals surface area contributed by atoms with Gasteiger partial charge in [0.05, 0.1) is 23.9 Å². The molecular formula is C16H19NO2S. The number of aryl methyl sites for hydroxylation is 3. The molecule has 4 heteroatoms. The van der Waals surface area contributed by atoms with Crippen molar-refractivity contribution in [1.82, 2.24) is 4.98 Å². The molecule has 0 unspecified atom stereocenters. The Bertz CT molecular complexity index is 580. The first kappa shape index (κ1) is 13.6. The predicted molar refractivity (Wildman–Crippen MR) is 80.3 cm³/mol. The molecule has 1 aliphatic carbocycles. The highest BCUT2D eigenvalue weighted by Crippen LogP contribution is 2.26. The third-order valence-electron chi connectivity index (χ3n) is 3.63. The van der Waals surface area contributed by atoms with Gasteiger partial charge in [0.25, 0.3) is 0 Å². The molecule has 0 fully saturated rings. The lowest BCUT2D eigenvalue weighted by atomic mass is 10.1. The quantitative estimate of drug-likeness (QED) is 0.831. The maximum Gasteiger partial charge on any atom is 0.119 e. The average molecular weight is 289 g/mol. The van der Waals surface area contributed by atoms with Crippen LogP contribution in [-0.4, -0.2) is 16.7 Å². The molecule has 106 valence electrons. The van der Waals surface area contributed by atoms with Gasteiger partial charge in [0.1, 0.15) is 5.75 Å². The van der Waals surface area contributed by atoms with Crippen LogP contribution in [-0.2, 0) is 25.9 Å². The molecule has 3 rings (SSSR count). The number of aromatic nitrogens is 1. The minimum Gasteiger partial charge on any atom is -0.494 e. The molecule has 1 aromatic heterocycles. The highest BCUT2D eigenvalue weighted by molar-refractivity contribution is 7.09. The van der Waals surface area contributed by atoms with E-state index in [1.54, 1.807) is 11.3 Å². The van der Waals surface area contributed by atoms with Gasteiger partial charge in [-0.15, -0.1) is 11.3 Å². The summed E-state index contributed by atoms with van der Waals surface area (Å²) in [6.45, 7) is 0.745. The van der Waals surface area contributed by atoms with E-state index in [9.17, 15) is 0 Å². The van der Waals surface area contributed by atoms with E-state index in [0.29, 0.717) is 6.61 Å². The molecule has 0 saturated heterocycles. The van der Waals surface area contributed by atoms with Crippen LogP contribution in [0, 0.1) is 0 Å². The minimum atomic E-state index is 0.0299. The van der Waals surface area contributed by atoms with Gasteiger partial charge in [-0.2, -0.15) is 0 Å². The number of hydrogen-bond donors (Lipinski definition) is 1. The van der Waals surface area contributed by atoms with Crippen LogP contribution >= 0.6 is 11.3 Å². The second-order valence-corrected chi connectivity index (χ2v) is 6.07. The summed E-state index contributed by atoms with van der Waals surface area (Å²) in [5.74, 6) is 0.987. The third kappa shape index (κ3) is 3.19. The van der Waals surface area contributed by atoms with Gasteiger partial charge < -0.3 is 9.84 Å². The van der Waals surface area contributed by atoms with Gasteiger partial charge in [0.2, 0.25) is 0 Å². The van der Waals surface area contributed by atoms with Crippen molar-refractivity contribution in [2.75, 3.05) is 6.61 Å². The van der Waals surface area contributed by atoms with E-state index in [4.69, 9.17) is 9.84 Å². The fraction of sp³-hybridized carbons (Fsp3) is 0.438. The molecule has 0 bridgehead atoms. The fourth-order valence-electron chi connectivity index (χ4n) is 2.59. The second kappa shape index (κ2) is 6.37. The summed E-state index contributed by atoms with van der Waals surface area (Å²) >= 11 is 1.61. The topological polar surface area (TPSA) is 42.4 Å². The van der Waals surface area contributed by atoms with Crippen LogP contribution in [0.3, 0.4) is 0 Å². The molecule has 1 aromatic carbocycles. The van der Waals surface area contributed by atoms with Crippen molar-refractivity contribution in [2.24, 2.45) is 0 Å². The Morgan fingerprint density at radius 3 is 3.00 bits per heavy atom. The van der Waals surface area contributed by atoms with Crippen molar-refractivity contribution in [1.29, 1.82) is 0 Å². The summed E-state index contributed by atoms with van der Waals surface area (Å²) in [6, 6.07) is 6.47. The predicted octanol–water partition coefficient (Wildman–Crippen LogP) is 3.14. The van der Waals surface area contributed by atoms with E-state index in [1.165, 1.54) is 30.4 Å². The lowest BCUT2D eigenvalue weighted by Crippen LogP contribution is -2.00. The molecule has 2 aromatic rings. The van der Waals surface area contributed by atoms with Crippen LogP contribution in [0.15, 0.2) is 23.6 Å². The van der Waals surface area contributed by atoms with Gasteiger partial charge >= 0.3 is 0 Å². The molecule has 0 saturated carbocycles. The number of rotatable bonds is 6. The van der Waals surface area contributed by atoms with Crippen LogP contribution < -0.4 is 4.74 Å². The molecule has 1 aliphatic rings. The first-order chi connectivity index (χ1) is 9.85. The van der Waals surface area contributed by atoms with Crippen molar-refractivity contribution < 1.29 is 9.84 Å². The largest absolute Gasteiger partial charge is 0.494 e. The van der Waals surface area contributed by atoms with Gasteiger partial charge in [-0.05, 0) is 48.9 Å². The van der Waals surface area contributed by atoms with E-state index in [-0.39, 0.29) is 6.61 Å². The number of aliphatic hydroxyl groups excluding tert-OH is 1. The smallest absolute Gasteiger partial charge is 0.119 e. The Balaban J connectivity index is 1.45. The number of benzene rings is 1. The van der Waals surface area contributed by atoms with Gasteiger partial charge in [-0.1, -0.05) is 6.07 Å². The second-order valence-electron chi connectivity index (χ2n) is 5.13. The summed E-state index contributed by atoms with van der Waals surface area (Å²) in [7, 11) is 0. The van der Waals surface area contributed by atoms with E-state index < -0.39 is 0 Å². The maximum absolute atomic E-state index is 8.97. The third-order valence-corrected chi connectivity index (χ3v) is 4.59. The molecule has 0 atom stereocenters. The SMILES string of the molecule is OCc1csc(CCCOc2ccc3c(c2)CCC3)n1. The van der Waals surface area contributed by atoms with Crippen molar-refractivity contribution in [3.05, 3.63) is 45.4 Å². The lowest BCUT2D eigenvalue weighted by molar-refractivity contribution is 0.277. The zero-order chi connectivity index (χ0) is 13.8. The van der Waals surface area contributed by atoms with Crippen LogP contribution in [0.25, 0.3) is 0 Å². The summed E-state index contributed by atoms with van der Waals surface area (Å²) < 4.78 is 5.81. The minimum absolute atomic E-state index is 0.0299. The van der Waals surface area contributed by atoms with E-state index in [0.717, 1.165) is 29.3 Å². The molecule has 1 N–H and O–H groups in total. The molecular weight excluding hydrogens is 270 g/mol. The zero-order valence-corrected chi connectivity index (χ0v) is 12.3. The van der Waals surface area contributed by atoms with Crippen LogP contribution in [0.5, 0.6) is 5.75 Å². The molecule has 1 heterocycles. The standard InChI is InChI=1S/C16H19NO2S/c18-10-14-11-20-16(17-14)5-2-8-19-15-7-6-12-3-1-4-13(12)9-15/h6-7,9,11,18H,1-5,8,10H2. The molecule has 0 amide bonds. The first-order valence-corrected chi connectivity index (χ1v) is 8.02. The highest BCUT2D eigenvalue weighted by Gasteiger charge is 2.11. The van der Waals surface area contributed by atoms with Gasteiger partial charge in [-0.25, -0.2) is 4.98 Å². The number of thiazole rings is 1. The Hall–Kier alpha value is -1.39. The number of ether oxygens (including phenoxy) is 1. The molecule has 0 spiro atoms. The van der Waals surface area contributed by atoms with Gasteiger partial charge in [0.15, 0.2) is 0 Å². The average Bonchev–Trinajstić information content (AvgIpc) is 3.11. The van der Waals surface area contributed by atoms with E-state index in [2.05, 4.69) is 23.2 Å². The van der Waals surface area contributed by atoms with Crippen molar-refractivity contribution in [3.63, 3.8) is 0 Å². The fourth-order valence-corrected chi connectivity index (χ4v) is 3.42. The van der Waals surface area contributed by atoms with Crippen LogP contribution in [0.1, 0.15) is 34.7 Å². The molecule has 0 aliphatic heterocycles. The van der Waals surface area contributed by atoms with E-state index >= 15 is 0 Å². The Morgan fingerprint density at radius 2 is 2.15 bits per heavy atom. The van der Waals surface area contributed by atoms with Crippen LogP contribution in [0.4, 0.5) is 0 Å². The first-order valence-electron chi connectivity index (χ1n) is 7.14. The normalized spacial score (nSPS) is 13.4. The number of fused-ring (bicyclic) bond motifs is 1. The van der Waals surface area contributed by atoms with Gasteiger partial charge in [-0.3, -0.25) is 0 Å². The van der Waals surface area contributed by atoms with Crippen molar-refractivity contribution >= 4 is 11.3 Å². The Labute approximate surface area is 123 Å². The van der Waals surface area contributed by atoms with Crippen molar-refractivity contribution in [3.8, 4) is 5.75 Å². The van der Waals surface area contributed by atoms with Crippen LogP contribution in [0.2, 0.25) is 0 Å². The summed E-state index contributed by atoms with van der Waals surface area (Å²) in [5.41, 5.74) is 3.70. The Morgan fingerprint density at radius 1 is 1.25 bits per heavy atom. The number of nitrogens with zero attached hydrogens (tertiary/aromatic N) is 1. The van der Waals surface area contributed by atoms with Crippen molar-refractivity contribution in [2.45, 2.75) is 38.7 Å². The Kier molecular flexibility index (Phi) is 4.33. The molecule has 0 radical (unpaired) electrons. The van der Waals surface area contributed by atoms with E-state index in [1.807, 2.05) is 5.38 Å².